The lowest BCUT2D eigenvalue weighted by Gasteiger charge is -2.46. The van der Waals surface area contributed by atoms with Gasteiger partial charge in [-0.3, -0.25) is 9.69 Å². The molecule has 1 saturated carbocycles. The predicted octanol–water partition coefficient (Wildman–Crippen LogP) is 2.37. The maximum atomic E-state index is 12.5. The van der Waals surface area contributed by atoms with Gasteiger partial charge in [0.25, 0.3) is 0 Å². The maximum absolute atomic E-state index is 12.5. The third kappa shape index (κ3) is 3.05. The van der Waals surface area contributed by atoms with E-state index in [4.69, 9.17) is 5.73 Å². The Labute approximate surface area is 135 Å². The second-order valence-electron chi connectivity index (χ2n) is 8.19. The summed E-state index contributed by atoms with van der Waals surface area (Å²) >= 11 is 0. The molecule has 0 aromatic rings. The van der Waals surface area contributed by atoms with Gasteiger partial charge >= 0.3 is 0 Å². The summed E-state index contributed by atoms with van der Waals surface area (Å²) in [6, 6.07) is 1.06. The first kappa shape index (κ1) is 16.3. The molecule has 0 aromatic heterocycles. The van der Waals surface area contributed by atoms with Gasteiger partial charge in [-0.1, -0.05) is 12.8 Å². The van der Waals surface area contributed by atoms with Crippen molar-refractivity contribution in [2.45, 2.75) is 82.8 Å². The average molecular weight is 307 g/mol. The smallest absolute Gasteiger partial charge is 0.223 e. The summed E-state index contributed by atoms with van der Waals surface area (Å²) in [6.07, 6.45) is 9.31. The monoisotopic (exact) mass is 307 g/mol. The van der Waals surface area contributed by atoms with Crippen LogP contribution in [0.2, 0.25) is 0 Å². The van der Waals surface area contributed by atoms with Crippen molar-refractivity contribution in [2.24, 2.45) is 11.7 Å². The summed E-state index contributed by atoms with van der Waals surface area (Å²) in [4.78, 5) is 17.4. The molecule has 0 radical (unpaired) electrons. The minimum absolute atomic E-state index is 0.197. The Balaban J connectivity index is 1.60. The molecule has 2 saturated heterocycles. The number of nitrogens with two attached hydrogens (primary N) is 1. The molecule has 22 heavy (non-hydrogen) atoms. The number of hydrogen-bond donors (Lipinski definition) is 1. The summed E-state index contributed by atoms with van der Waals surface area (Å²) in [5.41, 5.74) is 5.96. The van der Waals surface area contributed by atoms with E-state index in [0.29, 0.717) is 23.9 Å². The van der Waals surface area contributed by atoms with Crippen molar-refractivity contribution >= 4 is 5.91 Å². The summed E-state index contributed by atoms with van der Waals surface area (Å²) in [6.45, 7) is 7.58. The SMILES string of the molecule is CC(C)(CCN)N1CCC(N2C(=O)C[C@H]3CCCC[C@@H]32)CC1. The van der Waals surface area contributed by atoms with Crippen LogP contribution >= 0.6 is 0 Å². The first-order valence-electron chi connectivity index (χ1n) is 9.29. The normalized spacial score (nSPS) is 31.6. The van der Waals surface area contributed by atoms with E-state index in [9.17, 15) is 4.79 Å². The van der Waals surface area contributed by atoms with Crippen molar-refractivity contribution in [2.75, 3.05) is 19.6 Å². The molecule has 0 aromatic carbocycles. The highest BCUT2D eigenvalue weighted by atomic mass is 16.2. The Bertz CT molecular complexity index is 401. The highest BCUT2D eigenvalue weighted by molar-refractivity contribution is 5.79. The number of nitrogens with zero attached hydrogens (tertiary/aromatic N) is 2. The third-order valence-corrected chi connectivity index (χ3v) is 6.42. The van der Waals surface area contributed by atoms with Crippen molar-refractivity contribution in [3.8, 4) is 0 Å². The molecule has 1 amide bonds. The van der Waals surface area contributed by atoms with Crippen molar-refractivity contribution in [3.63, 3.8) is 0 Å². The summed E-state index contributed by atoms with van der Waals surface area (Å²) < 4.78 is 0. The van der Waals surface area contributed by atoms with Crippen molar-refractivity contribution in [1.82, 2.24) is 9.80 Å². The zero-order valence-corrected chi connectivity index (χ0v) is 14.4. The fourth-order valence-electron chi connectivity index (χ4n) is 5.04. The van der Waals surface area contributed by atoms with Crippen LogP contribution in [-0.4, -0.2) is 53.0 Å². The van der Waals surface area contributed by atoms with Crippen LogP contribution in [0.3, 0.4) is 0 Å². The number of hydrogen-bond acceptors (Lipinski definition) is 3. The second-order valence-corrected chi connectivity index (χ2v) is 8.19. The molecule has 0 spiro atoms. The average Bonchev–Trinajstić information content (AvgIpc) is 2.83. The molecular formula is C18H33N3O. The van der Waals surface area contributed by atoms with Gasteiger partial charge in [0.2, 0.25) is 5.91 Å². The number of carbonyl (C=O) groups is 1. The lowest BCUT2D eigenvalue weighted by Crippen LogP contribution is -2.54. The molecule has 4 nitrogen and oxygen atoms in total. The minimum Gasteiger partial charge on any atom is -0.336 e. The van der Waals surface area contributed by atoms with E-state index in [1.165, 1.54) is 25.7 Å². The summed E-state index contributed by atoms with van der Waals surface area (Å²) in [5, 5.41) is 0. The lowest BCUT2D eigenvalue weighted by atomic mass is 9.84. The van der Waals surface area contributed by atoms with Crippen LogP contribution in [0.5, 0.6) is 0 Å². The zero-order chi connectivity index (χ0) is 15.7. The topological polar surface area (TPSA) is 49.6 Å². The van der Waals surface area contributed by atoms with Gasteiger partial charge in [-0.15, -0.1) is 0 Å². The third-order valence-electron chi connectivity index (χ3n) is 6.42. The number of likely N-dealkylation sites (tertiary alicyclic amines) is 2. The van der Waals surface area contributed by atoms with Crippen LogP contribution < -0.4 is 5.73 Å². The van der Waals surface area contributed by atoms with Crippen LogP contribution in [0.25, 0.3) is 0 Å². The Morgan fingerprint density at radius 1 is 1.14 bits per heavy atom. The number of fused-ring (bicyclic) bond motifs is 1. The van der Waals surface area contributed by atoms with E-state index >= 15 is 0 Å². The van der Waals surface area contributed by atoms with Crippen molar-refractivity contribution < 1.29 is 4.79 Å². The number of amides is 1. The molecule has 2 aliphatic heterocycles. The van der Waals surface area contributed by atoms with Gasteiger partial charge in [-0.05, 0) is 58.4 Å². The predicted molar refractivity (Wildman–Crippen MR) is 89.6 cm³/mol. The van der Waals surface area contributed by atoms with E-state index in [2.05, 4.69) is 23.6 Å². The Morgan fingerprint density at radius 3 is 2.50 bits per heavy atom. The number of carbonyl (C=O) groups excluding carboxylic acids is 1. The quantitative estimate of drug-likeness (QED) is 0.867. The molecular weight excluding hydrogens is 274 g/mol. The van der Waals surface area contributed by atoms with Gasteiger partial charge < -0.3 is 10.6 Å². The maximum Gasteiger partial charge on any atom is 0.223 e. The molecule has 3 aliphatic rings. The molecule has 0 unspecified atom stereocenters. The van der Waals surface area contributed by atoms with E-state index in [1.807, 2.05) is 0 Å². The summed E-state index contributed by atoms with van der Waals surface area (Å²) in [5.74, 6) is 1.10. The molecule has 2 heterocycles. The van der Waals surface area contributed by atoms with E-state index < -0.39 is 0 Å². The first-order chi connectivity index (χ1) is 10.5. The Hall–Kier alpha value is -0.610. The van der Waals surface area contributed by atoms with Gasteiger partial charge in [0.15, 0.2) is 0 Å². The van der Waals surface area contributed by atoms with Crippen molar-refractivity contribution in [1.29, 1.82) is 0 Å². The van der Waals surface area contributed by atoms with Crippen LogP contribution in [0.4, 0.5) is 0 Å². The van der Waals surface area contributed by atoms with Crippen LogP contribution in [0.1, 0.15) is 65.2 Å². The zero-order valence-electron chi connectivity index (χ0n) is 14.4. The molecule has 1 aliphatic carbocycles. The standard InChI is InChI=1S/C18H33N3O/c1-18(2,9-10-19)20-11-7-15(8-12-20)21-16-6-4-3-5-14(16)13-17(21)22/h14-16H,3-13,19H2,1-2H3/t14-,16+/m1/s1. The van der Waals surface area contributed by atoms with Crippen LogP contribution in [0.15, 0.2) is 0 Å². The first-order valence-corrected chi connectivity index (χ1v) is 9.29. The highest BCUT2D eigenvalue weighted by Gasteiger charge is 2.44. The Morgan fingerprint density at radius 2 is 1.82 bits per heavy atom. The fraction of sp³-hybridized carbons (Fsp3) is 0.944. The molecule has 3 rings (SSSR count). The highest BCUT2D eigenvalue weighted by Crippen LogP contribution is 2.40. The fourth-order valence-corrected chi connectivity index (χ4v) is 5.04. The number of rotatable bonds is 4. The molecule has 2 atom stereocenters. The minimum atomic E-state index is 0.197. The molecule has 4 heteroatoms. The lowest BCUT2D eigenvalue weighted by molar-refractivity contribution is -0.132. The van der Waals surface area contributed by atoms with Gasteiger partial charge in [0.1, 0.15) is 0 Å². The summed E-state index contributed by atoms with van der Waals surface area (Å²) in [7, 11) is 0. The second kappa shape index (κ2) is 6.48. The van der Waals surface area contributed by atoms with Crippen molar-refractivity contribution in [3.05, 3.63) is 0 Å². The van der Waals surface area contributed by atoms with Gasteiger partial charge in [0, 0.05) is 37.1 Å². The Kier molecular flexibility index (Phi) is 4.79. The number of piperidine rings is 1. The van der Waals surface area contributed by atoms with Gasteiger partial charge in [0.05, 0.1) is 0 Å². The molecule has 3 fully saturated rings. The van der Waals surface area contributed by atoms with E-state index in [-0.39, 0.29) is 5.54 Å². The molecule has 126 valence electrons. The van der Waals surface area contributed by atoms with E-state index in [0.717, 1.165) is 45.3 Å². The van der Waals surface area contributed by atoms with E-state index in [1.54, 1.807) is 0 Å². The largest absolute Gasteiger partial charge is 0.336 e. The molecule has 2 N–H and O–H groups in total. The van der Waals surface area contributed by atoms with Gasteiger partial charge in [-0.2, -0.15) is 0 Å². The molecule has 0 bridgehead atoms. The van der Waals surface area contributed by atoms with Crippen LogP contribution in [-0.2, 0) is 4.79 Å². The van der Waals surface area contributed by atoms with Crippen LogP contribution in [0, 0.1) is 5.92 Å². The van der Waals surface area contributed by atoms with Gasteiger partial charge in [-0.25, -0.2) is 0 Å².